The maximum Gasteiger partial charge on any atom is 0.128 e. The molecular weight excluding hydrogens is 203 g/mol. The first-order valence-electron chi connectivity index (χ1n) is 5.32. The summed E-state index contributed by atoms with van der Waals surface area (Å²) in [6, 6.07) is 8.91. The molecule has 2 aromatic rings. The Kier molecular flexibility index (Phi) is 3.37. The van der Waals surface area contributed by atoms with Gasteiger partial charge in [0.15, 0.2) is 0 Å². The van der Waals surface area contributed by atoms with Crippen molar-refractivity contribution in [2.24, 2.45) is 0 Å². The van der Waals surface area contributed by atoms with Crippen LogP contribution in [-0.4, -0.2) is 11.6 Å². The Balaban J connectivity index is 2.11. The molecule has 0 radical (unpaired) electrons. The van der Waals surface area contributed by atoms with Gasteiger partial charge in [0, 0.05) is 31.0 Å². The van der Waals surface area contributed by atoms with Crippen molar-refractivity contribution in [1.82, 2.24) is 9.88 Å². The highest BCUT2D eigenvalue weighted by atomic mass is 19.1. The molecule has 1 N–H and O–H groups in total. The lowest BCUT2D eigenvalue weighted by molar-refractivity contribution is 0.599. The molecule has 0 aliphatic heterocycles. The maximum absolute atomic E-state index is 13.4. The predicted octanol–water partition coefficient (Wildman–Crippen LogP) is 2.39. The van der Waals surface area contributed by atoms with Crippen molar-refractivity contribution >= 4 is 0 Å². The van der Waals surface area contributed by atoms with Crippen molar-refractivity contribution < 1.29 is 4.39 Å². The Morgan fingerprint density at radius 1 is 1.25 bits per heavy atom. The summed E-state index contributed by atoms with van der Waals surface area (Å²) in [7, 11) is 1.91. The minimum absolute atomic E-state index is 0.147. The summed E-state index contributed by atoms with van der Waals surface area (Å²) in [4.78, 5) is 0. The third kappa shape index (κ3) is 2.49. The lowest BCUT2D eigenvalue weighted by atomic mass is 10.2. The predicted molar refractivity (Wildman–Crippen MR) is 62.7 cm³/mol. The van der Waals surface area contributed by atoms with E-state index in [4.69, 9.17) is 0 Å². The second kappa shape index (κ2) is 4.94. The van der Waals surface area contributed by atoms with Gasteiger partial charge in [0.2, 0.25) is 0 Å². The van der Waals surface area contributed by atoms with Gasteiger partial charge in [0.05, 0.1) is 0 Å². The molecule has 0 bridgehead atoms. The molecule has 0 aliphatic rings. The molecule has 0 aliphatic carbocycles. The van der Waals surface area contributed by atoms with Crippen molar-refractivity contribution in [3.05, 3.63) is 59.7 Å². The van der Waals surface area contributed by atoms with Crippen LogP contribution in [0.25, 0.3) is 0 Å². The molecule has 84 valence electrons. The van der Waals surface area contributed by atoms with Crippen LogP contribution in [0.1, 0.15) is 11.1 Å². The number of nitrogens with one attached hydrogen (secondary N) is 1. The summed E-state index contributed by atoms with van der Waals surface area (Å²) >= 11 is 0. The van der Waals surface area contributed by atoms with E-state index in [9.17, 15) is 4.39 Å². The van der Waals surface area contributed by atoms with Crippen LogP contribution in [0.4, 0.5) is 4.39 Å². The van der Waals surface area contributed by atoms with Gasteiger partial charge in [-0.15, -0.1) is 0 Å². The van der Waals surface area contributed by atoms with E-state index >= 15 is 0 Å². The molecule has 2 rings (SSSR count). The Labute approximate surface area is 94.7 Å². The first kappa shape index (κ1) is 10.9. The number of nitrogens with zero attached hydrogens (tertiary/aromatic N) is 1. The van der Waals surface area contributed by atoms with Crippen LogP contribution in [0.3, 0.4) is 0 Å². The molecule has 1 aromatic carbocycles. The van der Waals surface area contributed by atoms with Gasteiger partial charge in [0.1, 0.15) is 5.82 Å². The van der Waals surface area contributed by atoms with E-state index < -0.39 is 0 Å². The smallest absolute Gasteiger partial charge is 0.128 e. The zero-order valence-electron chi connectivity index (χ0n) is 9.28. The molecule has 2 nitrogen and oxygen atoms in total. The lowest BCUT2D eigenvalue weighted by Crippen LogP contribution is -2.04. The van der Waals surface area contributed by atoms with Crippen LogP contribution in [0.5, 0.6) is 0 Å². The standard InChI is InChI=1S/C13H15FN2/c1-15-8-11-6-7-16(9-11)10-12-4-2-3-5-13(12)14/h2-7,9,15H,8,10H2,1H3. The van der Waals surface area contributed by atoms with Crippen LogP contribution in [0.2, 0.25) is 0 Å². The highest BCUT2D eigenvalue weighted by Crippen LogP contribution is 2.10. The van der Waals surface area contributed by atoms with Crippen LogP contribution in [0, 0.1) is 5.82 Å². The molecular formula is C13H15FN2. The molecule has 0 spiro atoms. The zero-order valence-corrected chi connectivity index (χ0v) is 9.28. The van der Waals surface area contributed by atoms with Crippen molar-refractivity contribution in [1.29, 1.82) is 0 Å². The summed E-state index contributed by atoms with van der Waals surface area (Å²) in [6.45, 7) is 1.42. The van der Waals surface area contributed by atoms with Crippen LogP contribution < -0.4 is 5.32 Å². The van der Waals surface area contributed by atoms with E-state index in [1.807, 2.05) is 42.2 Å². The van der Waals surface area contributed by atoms with Gasteiger partial charge in [-0.2, -0.15) is 0 Å². The van der Waals surface area contributed by atoms with E-state index in [-0.39, 0.29) is 5.82 Å². The normalized spacial score (nSPS) is 10.6. The molecule has 1 heterocycles. The monoisotopic (exact) mass is 218 g/mol. The minimum Gasteiger partial charge on any atom is -0.349 e. The van der Waals surface area contributed by atoms with Crippen molar-refractivity contribution in [3.8, 4) is 0 Å². The fourth-order valence-electron chi connectivity index (χ4n) is 1.72. The van der Waals surface area contributed by atoms with Gasteiger partial charge in [-0.05, 0) is 24.7 Å². The average molecular weight is 218 g/mol. The molecule has 0 saturated carbocycles. The number of hydrogen-bond acceptors (Lipinski definition) is 1. The summed E-state index contributed by atoms with van der Waals surface area (Å²) in [5, 5.41) is 3.09. The van der Waals surface area contributed by atoms with Crippen molar-refractivity contribution in [2.75, 3.05) is 7.05 Å². The van der Waals surface area contributed by atoms with Crippen LogP contribution in [-0.2, 0) is 13.1 Å². The largest absolute Gasteiger partial charge is 0.349 e. The molecule has 3 heteroatoms. The van der Waals surface area contributed by atoms with Gasteiger partial charge in [-0.25, -0.2) is 4.39 Å². The molecule has 0 fully saturated rings. The maximum atomic E-state index is 13.4. The molecule has 0 amide bonds. The summed E-state index contributed by atoms with van der Waals surface area (Å²) in [6.07, 6.45) is 4.00. The summed E-state index contributed by atoms with van der Waals surface area (Å²) < 4.78 is 15.4. The third-order valence-corrected chi connectivity index (χ3v) is 2.50. The van der Waals surface area contributed by atoms with Gasteiger partial charge in [-0.3, -0.25) is 0 Å². The minimum atomic E-state index is -0.147. The van der Waals surface area contributed by atoms with Gasteiger partial charge >= 0.3 is 0 Å². The van der Waals surface area contributed by atoms with E-state index in [1.54, 1.807) is 6.07 Å². The molecule has 0 saturated heterocycles. The van der Waals surface area contributed by atoms with Crippen molar-refractivity contribution in [3.63, 3.8) is 0 Å². The lowest BCUT2D eigenvalue weighted by Gasteiger charge is -2.04. The first-order chi connectivity index (χ1) is 7.79. The highest BCUT2D eigenvalue weighted by Gasteiger charge is 2.02. The van der Waals surface area contributed by atoms with Gasteiger partial charge in [-0.1, -0.05) is 18.2 Å². The Hall–Kier alpha value is -1.61. The molecule has 0 atom stereocenters. The van der Waals surface area contributed by atoms with Crippen molar-refractivity contribution in [2.45, 2.75) is 13.1 Å². The average Bonchev–Trinajstić information content (AvgIpc) is 2.70. The fourth-order valence-corrected chi connectivity index (χ4v) is 1.72. The third-order valence-electron chi connectivity index (χ3n) is 2.50. The molecule has 0 unspecified atom stereocenters. The quantitative estimate of drug-likeness (QED) is 0.833. The molecule has 16 heavy (non-hydrogen) atoms. The highest BCUT2D eigenvalue weighted by molar-refractivity contribution is 5.19. The van der Waals surface area contributed by atoms with E-state index in [0.717, 1.165) is 6.54 Å². The second-order valence-electron chi connectivity index (χ2n) is 3.81. The second-order valence-corrected chi connectivity index (χ2v) is 3.81. The molecule has 1 aromatic heterocycles. The summed E-state index contributed by atoms with van der Waals surface area (Å²) in [5.74, 6) is -0.147. The number of hydrogen-bond donors (Lipinski definition) is 1. The van der Waals surface area contributed by atoms with Crippen LogP contribution >= 0.6 is 0 Å². The number of benzene rings is 1. The van der Waals surface area contributed by atoms with E-state index in [1.165, 1.54) is 11.6 Å². The number of rotatable bonds is 4. The summed E-state index contributed by atoms with van der Waals surface area (Å²) in [5.41, 5.74) is 1.92. The Morgan fingerprint density at radius 3 is 2.81 bits per heavy atom. The van der Waals surface area contributed by atoms with E-state index in [2.05, 4.69) is 5.32 Å². The Bertz CT molecular complexity index is 462. The SMILES string of the molecule is CNCc1ccn(Cc2ccccc2F)c1. The topological polar surface area (TPSA) is 17.0 Å². The Morgan fingerprint density at radius 2 is 2.06 bits per heavy atom. The fraction of sp³-hybridized carbons (Fsp3) is 0.231. The van der Waals surface area contributed by atoms with Gasteiger partial charge in [0.25, 0.3) is 0 Å². The van der Waals surface area contributed by atoms with E-state index in [0.29, 0.717) is 12.1 Å². The van der Waals surface area contributed by atoms with Gasteiger partial charge < -0.3 is 9.88 Å². The number of halogens is 1. The first-order valence-corrected chi connectivity index (χ1v) is 5.32. The number of aromatic nitrogens is 1. The van der Waals surface area contributed by atoms with Crippen LogP contribution in [0.15, 0.2) is 42.7 Å². The zero-order chi connectivity index (χ0) is 11.4.